The highest BCUT2D eigenvalue weighted by Gasteiger charge is 2.20. The average molecular weight is 358 g/mol. The van der Waals surface area contributed by atoms with Crippen LogP contribution in [0, 0.1) is 0 Å². The van der Waals surface area contributed by atoms with E-state index in [2.05, 4.69) is 21.8 Å². The lowest BCUT2D eigenvalue weighted by Crippen LogP contribution is -2.48. The monoisotopic (exact) mass is 358 g/mol. The average Bonchev–Trinajstić information content (AvgIpc) is 3.14. The Morgan fingerprint density at radius 2 is 2.08 bits per heavy atom. The number of hydrogen-bond acceptors (Lipinski definition) is 6. The van der Waals surface area contributed by atoms with Gasteiger partial charge in [0.2, 0.25) is 5.91 Å². The number of aromatic nitrogens is 2. The molecule has 0 radical (unpaired) electrons. The largest absolute Gasteiger partial charge is 0.392 e. The molecule has 0 bridgehead atoms. The molecular formula is C18H22N4O2S. The van der Waals surface area contributed by atoms with E-state index in [1.165, 1.54) is 11.3 Å². The van der Waals surface area contributed by atoms with Crippen LogP contribution in [0.3, 0.4) is 0 Å². The quantitative estimate of drug-likeness (QED) is 0.828. The number of amides is 1. The van der Waals surface area contributed by atoms with Crippen LogP contribution in [0.15, 0.2) is 29.9 Å². The second-order valence-corrected chi connectivity index (χ2v) is 6.83. The first-order chi connectivity index (χ1) is 12.2. The molecule has 1 aliphatic heterocycles. The van der Waals surface area contributed by atoms with Crippen LogP contribution in [0.2, 0.25) is 0 Å². The Morgan fingerprint density at radius 3 is 2.76 bits per heavy atom. The third-order valence-corrected chi connectivity index (χ3v) is 5.18. The van der Waals surface area contributed by atoms with E-state index in [1.807, 2.05) is 28.5 Å². The Morgan fingerprint density at radius 1 is 1.28 bits per heavy atom. The maximum Gasteiger partial charge on any atom is 0.246 e. The Hall–Kier alpha value is -2.25. The zero-order valence-electron chi connectivity index (χ0n) is 14.3. The van der Waals surface area contributed by atoms with E-state index in [9.17, 15) is 4.79 Å². The number of nitrogens with zero attached hydrogens (tertiary/aromatic N) is 4. The van der Waals surface area contributed by atoms with Crippen molar-refractivity contribution < 1.29 is 9.90 Å². The number of aliphatic hydroxyl groups excluding tert-OH is 1. The smallest absolute Gasteiger partial charge is 0.246 e. The third-order valence-electron chi connectivity index (χ3n) is 4.23. The molecule has 2 aromatic heterocycles. The summed E-state index contributed by atoms with van der Waals surface area (Å²) in [5.74, 6) is 0.958. The second-order valence-electron chi connectivity index (χ2n) is 5.88. The van der Waals surface area contributed by atoms with E-state index in [-0.39, 0.29) is 12.5 Å². The molecule has 2 aromatic rings. The van der Waals surface area contributed by atoms with Gasteiger partial charge < -0.3 is 14.9 Å². The van der Waals surface area contributed by atoms with Crippen LogP contribution < -0.4 is 4.90 Å². The molecule has 0 unspecified atom stereocenters. The highest BCUT2D eigenvalue weighted by Crippen LogP contribution is 2.17. The summed E-state index contributed by atoms with van der Waals surface area (Å²) < 4.78 is 0. The Balaban J connectivity index is 1.55. The summed E-state index contributed by atoms with van der Waals surface area (Å²) in [7, 11) is 0. The van der Waals surface area contributed by atoms with Crippen LogP contribution in [0.1, 0.15) is 23.1 Å². The van der Waals surface area contributed by atoms with Crippen molar-refractivity contribution in [2.75, 3.05) is 31.1 Å². The van der Waals surface area contributed by atoms with Gasteiger partial charge in [-0.3, -0.25) is 4.79 Å². The number of aliphatic hydroxyl groups is 1. The van der Waals surface area contributed by atoms with Gasteiger partial charge in [-0.25, -0.2) is 9.97 Å². The lowest BCUT2D eigenvalue weighted by molar-refractivity contribution is -0.126. The zero-order chi connectivity index (χ0) is 17.6. The van der Waals surface area contributed by atoms with Gasteiger partial charge in [-0.15, -0.1) is 11.3 Å². The fraction of sp³-hybridized carbons (Fsp3) is 0.389. The van der Waals surface area contributed by atoms with Crippen molar-refractivity contribution in [2.45, 2.75) is 20.0 Å². The van der Waals surface area contributed by atoms with Crippen molar-refractivity contribution in [1.29, 1.82) is 0 Å². The van der Waals surface area contributed by atoms with Gasteiger partial charge in [-0.1, -0.05) is 6.92 Å². The molecular weight excluding hydrogens is 336 g/mol. The maximum atomic E-state index is 12.3. The van der Waals surface area contributed by atoms with E-state index >= 15 is 0 Å². The highest BCUT2D eigenvalue weighted by atomic mass is 32.1. The number of piperazine rings is 1. The standard InChI is InChI=1S/C18H22N4O2S/c1-2-15-10-17(20-13-19-15)21-5-7-22(8-6-21)18(24)4-3-16-9-14(11-23)12-25-16/h3-4,9-10,12-13,23H,2,5-8,11H2,1H3. The lowest BCUT2D eigenvalue weighted by atomic mass is 10.2. The molecule has 3 rings (SSSR count). The minimum absolute atomic E-state index is 0.0236. The first-order valence-electron chi connectivity index (χ1n) is 8.40. The lowest BCUT2D eigenvalue weighted by Gasteiger charge is -2.35. The third kappa shape index (κ3) is 4.43. The number of carbonyl (C=O) groups excluding carboxylic acids is 1. The fourth-order valence-corrected chi connectivity index (χ4v) is 3.53. The van der Waals surface area contributed by atoms with Gasteiger partial charge in [-0.2, -0.15) is 0 Å². The molecule has 1 fully saturated rings. The van der Waals surface area contributed by atoms with Crippen molar-refractivity contribution in [3.63, 3.8) is 0 Å². The van der Waals surface area contributed by atoms with Crippen LogP contribution in [0.5, 0.6) is 0 Å². The Bertz CT molecular complexity index is 751. The first kappa shape index (κ1) is 17.6. The highest BCUT2D eigenvalue weighted by molar-refractivity contribution is 7.11. The number of hydrogen-bond donors (Lipinski definition) is 1. The van der Waals surface area contributed by atoms with Gasteiger partial charge in [0, 0.05) is 48.9 Å². The summed E-state index contributed by atoms with van der Waals surface area (Å²) in [6.07, 6.45) is 5.93. The first-order valence-corrected chi connectivity index (χ1v) is 9.28. The number of aryl methyl sites for hydroxylation is 1. The summed E-state index contributed by atoms with van der Waals surface area (Å²) in [5.41, 5.74) is 1.91. The van der Waals surface area contributed by atoms with Crippen molar-refractivity contribution >= 4 is 29.1 Å². The van der Waals surface area contributed by atoms with Crippen LogP contribution in [0.25, 0.3) is 6.08 Å². The number of rotatable bonds is 5. The van der Waals surface area contributed by atoms with E-state index < -0.39 is 0 Å². The topological polar surface area (TPSA) is 69.6 Å². The van der Waals surface area contributed by atoms with Gasteiger partial charge in [0.15, 0.2) is 0 Å². The molecule has 7 heteroatoms. The SMILES string of the molecule is CCc1cc(N2CCN(C(=O)C=Cc3cc(CO)cs3)CC2)ncn1. The van der Waals surface area contributed by atoms with Crippen LogP contribution >= 0.6 is 11.3 Å². The molecule has 1 amide bonds. The van der Waals surface area contributed by atoms with Gasteiger partial charge in [0.05, 0.1) is 6.61 Å². The Labute approximate surface area is 151 Å². The maximum absolute atomic E-state index is 12.3. The van der Waals surface area contributed by atoms with Crippen molar-refractivity contribution in [3.8, 4) is 0 Å². The van der Waals surface area contributed by atoms with Crippen molar-refractivity contribution in [1.82, 2.24) is 14.9 Å². The van der Waals surface area contributed by atoms with Gasteiger partial charge >= 0.3 is 0 Å². The van der Waals surface area contributed by atoms with Crippen molar-refractivity contribution in [2.24, 2.45) is 0 Å². The van der Waals surface area contributed by atoms with Crippen LogP contribution in [-0.4, -0.2) is 52.1 Å². The van der Waals surface area contributed by atoms with E-state index in [0.717, 1.165) is 41.5 Å². The number of anilines is 1. The summed E-state index contributed by atoms with van der Waals surface area (Å²) in [5, 5.41) is 11.0. The molecule has 1 saturated heterocycles. The van der Waals surface area contributed by atoms with Gasteiger partial charge in [-0.05, 0) is 29.5 Å². The molecule has 1 aliphatic rings. The molecule has 0 aromatic carbocycles. The van der Waals surface area contributed by atoms with Crippen molar-refractivity contribution in [3.05, 3.63) is 46.1 Å². The Kier molecular flexibility index (Phi) is 5.78. The predicted octanol–water partition coefficient (Wildman–Crippen LogP) is 1.95. The molecule has 6 nitrogen and oxygen atoms in total. The molecule has 0 atom stereocenters. The molecule has 3 heterocycles. The molecule has 1 N–H and O–H groups in total. The second kappa shape index (κ2) is 8.22. The van der Waals surface area contributed by atoms with Crippen LogP contribution in [0.4, 0.5) is 5.82 Å². The normalized spacial score (nSPS) is 15.1. The van der Waals surface area contributed by atoms with Crippen LogP contribution in [-0.2, 0) is 17.8 Å². The molecule has 132 valence electrons. The molecule has 0 saturated carbocycles. The van der Waals surface area contributed by atoms with E-state index in [0.29, 0.717) is 13.1 Å². The summed E-state index contributed by atoms with van der Waals surface area (Å²) in [4.78, 5) is 25.9. The molecule has 0 aliphatic carbocycles. The summed E-state index contributed by atoms with van der Waals surface area (Å²) in [6.45, 7) is 5.01. The van der Waals surface area contributed by atoms with E-state index in [4.69, 9.17) is 5.11 Å². The summed E-state index contributed by atoms with van der Waals surface area (Å²) >= 11 is 1.52. The molecule has 25 heavy (non-hydrogen) atoms. The summed E-state index contributed by atoms with van der Waals surface area (Å²) in [6, 6.07) is 3.92. The van der Waals surface area contributed by atoms with E-state index in [1.54, 1.807) is 12.4 Å². The van der Waals surface area contributed by atoms with Gasteiger partial charge in [0.1, 0.15) is 12.1 Å². The van der Waals surface area contributed by atoms with Gasteiger partial charge in [0.25, 0.3) is 0 Å². The number of thiophene rings is 1. The predicted molar refractivity (Wildman–Crippen MR) is 99.5 cm³/mol. The fourth-order valence-electron chi connectivity index (χ4n) is 2.73. The number of carbonyl (C=O) groups is 1. The zero-order valence-corrected chi connectivity index (χ0v) is 15.1. The minimum Gasteiger partial charge on any atom is -0.392 e. The minimum atomic E-state index is 0.0236. The molecule has 0 spiro atoms.